The van der Waals surface area contributed by atoms with Crippen LogP contribution in [0, 0.1) is 5.92 Å². The molecule has 0 saturated heterocycles. The topological polar surface area (TPSA) is 82.3 Å². The van der Waals surface area contributed by atoms with Gasteiger partial charge in [0.05, 0.1) is 34.8 Å². The standard InChI is InChI=1S/C27H26N6/c1-17(18-5-3-2-4-6-18)30-22-11-21(14-29-15-22)19-7-8-24-23(12-19)27(33-32-24)25-13-20-9-10-28-16-26(20)31-25/h7-16,18,30-31H,1-6H2,(H,32,33). The second-order valence-corrected chi connectivity index (χ2v) is 8.93. The first kappa shape index (κ1) is 19.7. The van der Waals surface area contributed by atoms with Crippen molar-refractivity contribution in [2.24, 2.45) is 5.92 Å². The molecule has 0 unspecified atom stereocenters. The van der Waals surface area contributed by atoms with Crippen LogP contribution in [-0.4, -0.2) is 25.1 Å². The number of fused-ring (bicyclic) bond motifs is 2. The Kier molecular flexibility index (Phi) is 4.91. The van der Waals surface area contributed by atoms with Crippen molar-refractivity contribution in [1.29, 1.82) is 0 Å². The van der Waals surface area contributed by atoms with Gasteiger partial charge in [0, 0.05) is 34.4 Å². The largest absolute Gasteiger partial charge is 0.358 e. The molecule has 0 radical (unpaired) electrons. The molecule has 1 aliphatic rings. The summed E-state index contributed by atoms with van der Waals surface area (Å²) >= 11 is 0. The maximum absolute atomic E-state index is 4.59. The average molecular weight is 435 g/mol. The molecule has 5 aromatic rings. The van der Waals surface area contributed by atoms with Crippen LogP contribution in [0.5, 0.6) is 0 Å². The van der Waals surface area contributed by atoms with Crippen LogP contribution >= 0.6 is 0 Å². The van der Waals surface area contributed by atoms with E-state index in [1.807, 2.05) is 24.7 Å². The van der Waals surface area contributed by atoms with Gasteiger partial charge < -0.3 is 10.3 Å². The van der Waals surface area contributed by atoms with Crippen LogP contribution in [0.3, 0.4) is 0 Å². The minimum Gasteiger partial charge on any atom is -0.358 e. The van der Waals surface area contributed by atoms with E-state index in [1.165, 1.54) is 32.1 Å². The summed E-state index contributed by atoms with van der Waals surface area (Å²) in [6.07, 6.45) is 13.8. The molecule has 6 nitrogen and oxygen atoms in total. The molecule has 0 aliphatic heterocycles. The lowest BCUT2D eigenvalue weighted by Gasteiger charge is -2.24. The quantitative estimate of drug-likeness (QED) is 0.288. The van der Waals surface area contributed by atoms with E-state index in [1.54, 1.807) is 6.20 Å². The fourth-order valence-corrected chi connectivity index (χ4v) is 4.90. The first-order valence-electron chi connectivity index (χ1n) is 11.6. The highest BCUT2D eigenvalue weighted by molar-refractivity contribution is 5.97. The zero-order valence-corrected chi connectivity index (χ0v) is 18.4. The van der Waals surface area contributed by atoms with Gasteiger partial charge in [-0.1, -0.05) is 31.9 Å². The Bertz CT molecular complexity index is 1420. The third-order valence-corrected chi connectivity index (χ3v) is 6.72. The fraction of sp³-hybridized carbons (Fsp3) is 0.222. The van der Waals surface area contributed by atoms with Crippen molar-refractivity contribution in [3.63, 3.8) is 0 Å². The number of nitrogens with zero attached hydrogens (tertiary/aromatic N) is 3. The minimum absolute atomic E-state index is 0.554. The molecule has 6 rings (SSSR count). The number of benzene rings is 1. The highest BCUT2D eigenvalue weighted by Crippen LogP contribution is 2.33. The second kappa shape index (κ2) is 8.20. The van der Waals surface area contributed by atoms with Crippen molar-refractivity contribution in [3.8, 4) is 22.5 Å². The van der Waals surface area contributed by atoms with E-state index >= 15 is 0 Å². The van der Waals surface area contributed by atoms with Gasteiger partial charge in [-0.25, -0.2) is 0 Å². The summed E-state index contributed by atoms with van der Waals surface area (Å²) in [7, 11) is 0. The molecule has 3 N–H and O–H groups in total. The number of allylic oxidation sites excluding steroid dienone is 1. The van der Waals surface area contributed by atoms with E-state index in [4.69, 9.17) is 0 Å². The number of H-pyrrole nitrogens is 2. The summed E-state index contributed by atoms with van der Waals surface area (Å²) < 4.78 is 0. The Morgan fingerprint density at radius 3 is 2.70 bits per heavy atom. The smallest absolute Gasteiger partial charge is 0.116 e. The summed E-state index contributed by atoms with van der Waals surface area (Å²) in [5.74, 6) is 0.554. The molecule has 164 valence electrons. The molecule has 4 aromatic heterocycles. The van der Waals surface area contributed by atoms with Crippen LogP contribution in [0.15, 0.2) is 73.5 Å². The molecule has 1 saturated carbocycles. The van der Waals surface area contributed by atoms with Gasteiger partial charge >= 0.3 is 0 Å². The van der Waals surface area contributed by atoms with E-state index in [9.17, 15) is 0 Å². The maximum atomic E-state index is 4.59. The minimum atomic E-state index is 0.554. The molecule has 1 aromatic carbocycles. The highest BCUT2D eigenvalue weighted by atomic mass is 15.1. The molecule has 0 spiro atoms. The summed E-state index contributed by atoms with van der Waals surface area (Å²) in [6.45, 7) is 4.31. The fourth-order valence-electron chi connectivity index (χ4n) is 4.90. The lowest BCUT2D eigenvalue weighted by molar-refractivity contribution is 0.405. The van der Waals surface area contributed by atoms with E-state index < -0.39 is 0 Å². The molecule has 1 aliphatic carbocycles. The normalized spacial score (nSPS) is 14.7. The van der Waals surface area contributed by atoms with Crippen molar-refractivity contribution in [3.05, 3.63) is 73.5 Å². The number of hydrogen-bond donors (Lipinski definition) is 3. The highest BCUT2D eigenvalue weighted by Gasteiger charge is 2.17. The van der Waals surface area contributed by atoms with Crippen molar-refractivity contribution >= 4 is 27.5 Å². The van der Waals surface area contributed by atoms with Crippen LogP contribution in [0.1, 0.15) is 32.1 Å². The Labute approximate surface area is 192 Å². The zero-order valence-electron chi connectivity index (χ0n) is 18.4. The molecular formula is C27H26N6. The predicted molar refractivity (Wildman–Crippen MR) is 134 cm³/mol. The number of aromatic nitrogens is 5. The number of nitrogens with one attached hydrogen (secondary N) is 3. The number of rotatable bonds is 5. The van der Waals surface area contributed by atoms with Crippen LogP contribution < -0.4 is 5.32 Å². The van der Waals surface area contributed by atoms with Gasteiger partial charge in [0.1, 0.15) is 5.69 Å². The maximum Gasteiger partial charge on any atom is 0.116 e. The van der Waals surface area contributed by atoms with Gasteiger partial charge in [0.2, 0.25) is 0 Å². The molecule has 0 bridgehead atoms. The summed E-state index contributed by atoms with van der Waals surface area (Å²) in [4.78, 5) is 12.1. The van der Waals surface area contributed by atoms with Crippen LogP contribution in [0.25, 0.3) is 44.3 Å². The van der Waals surface area contributed by atoms with Crippen molar-refractivity contribution in [2.45, 2.75) is 32.1 Å². The monoisotopic (exact) mass is 434 g/mol. The van der Waals surface area contributed by atoms with E-state index in [2.05, 4.69) is 67.4 Å². The molecule has 0 atom stereocenters. The van der Waals surface area contributed by atoms with Crippen LogP contribution in [-0.2, 0) is 0 Å². The first-order chi connectivity index (χ1) is 16.2. The molecular weight excluding hydrogens is 408 g/mol. The predicted octanol–water partition coefficient (Wildman–Crippen LogP) is 6.67. The lowest BCUT2D eigenvalue weighted by atomic mass is 9.87. The van der Waals surface area contributed by atoms with Gasteiger partial charge in [-0.2, -0.15) is 5.10 Å². The number of pyridine rings is 2. The van der Waals surface area contributed by atoms with Gasteiger partial charge in [-0.05, 0) is 54.7 Å². The molecule has 33 heavy (non-hydrogen) atoms. The summed E-state index contributed by atoms with van der Waals surface area (Å²) in [6, 6.07) is 12.6. The van der Waals surface area contributed by atoms with E-state index in [0.29, 0.717) is 5.92 Å². The van der Waals surface area contributed by atoms with E-state index in [-0.39, 0.29) is 0 Å². The Balaban J connectivity index is 1.32. The Morgan fingerprint density at radius 1 is 0.909 bits per heavy atom. The Hall–Kier alpha value is -3.93. The number of hydrogen-bond acceptors (Lipinski definition) is 4. The molecule has 4 heterocycles. The Morgan fingerprint density at radius 2 is 1.82 bits per heavy atom. The third-order valence-electron chi connectivity index (χ3n) is 6.72. The number of aromatic amines is 2. The van der Waals surface area contributed by atoms with Crippen molar-refractivity contribution in [2.75, 3.05) is 5.32 Å². The third kappa shape index (κ3) is 3.78. The van der Waals surface area contributed by atoms with Gasteiger partial charge in [-0.3, -0.25) is 15.1 Å². The SMILES string of the molecule is C=C(Nc1cncc(-c2ccc3[nH]nc(-c4cc5ccncc5[nH]4)c3c2)c1)C1CCCCC1. The molecule has 0 amide bonds. The van der Waals surface area contributed by atoms with Gasteiger partial charge in [-0.15, -0.1) is 0 Å². The van der Waals surface area contributed by atoms with E-state index in [0.717, 1.165) is 55.7 Å². The van der Waals surface area contributed by atoms with Gasteiger partial charge in [0.25, 0.3) is 0 Å². The molecule has 1 fully saturated rings. The first-order valence-corrected chi connectivity index (χ1v) is 11.6. The summed E-state index contributed by atoms with van der Waals surface area (Å²) in [5.41, 5.74) is 8.12. The van der Waals surface area contributed by atoms with Crippen LogP contribution in [0.2, 0.25) is 0 Å². The zero-order chi connectivity index (χ0) is 22.2. The van der Waals surface area contributed by atoms with Crippen molar-refractivity contribution < 1.29 is 0 Å². The summed E-state index contributed by atoms with van der Waals surface area (Å²) in [5, 5.41) is 13.5. The average Bonchev–Trinajstić information content (AvgIpc) is 3.48. The van der Waals surface area contributed by atoms with Gasteiger partial charge in [0.15, 0.2) is 0 Å². The second-order valence-electron chi connectivity index (χ2n) is 8.93. The number of anilines is 1. The lowest BCUT2D eigenvalue weighted by Crippen LogP contribution is -2.14. The molecule has 6 heteroatoms. The van der Waals surface area contributed by atoms with Crippen molar-refractivity contribution in [1.82, 2.24) is 25.1 Å². The van der Waals surface area contributed by atoms with Crippen LogP contribution in [0.4, 0.5) is 5.69 Å².